The maximum Gasteiger partial charge on any atom is 0.339 e. The van der Waals surface area contributed by atoms with Gasteiger partial charge in [0.1, 0.15) is 17.5 Å². The summed E-state index contributed by atoms with van der Waals surface area (Å²) in [5.74, 6) is 5.11. The predicted octanol–water partition coefficient (Wildman–Crippen LogP) is 0.877. The molecule has 0 heterocycles. The SMILES string of the molecule is CCCC(CCCC(CC(CC)C(=O)CNCP(=O)(O)O)C(N)=NN)/C(N)=N/O. The summed E-state index contributed by atoms with van der Waals surface area (Å²) in [4.78, 5) is 30.2. The average Bonchev–Trinajstić information content (AvgIpc) is 2.67. The highest BCUT2D eigenvalue weighted by molar-refractivity contribution is 7.51. The molecule has 0 aromatic rings. The number of nitrogens with one attached hydrogen (secondary N) is 1. The van der Waals surface area contributed by atoms with Gasteiger partial charge in [-0.05, 0) is 32.1 Å². The fourth-order valence-electron chi connectivity index (χ4n) is 3.31. The van der Waals surface area contributed by atoms with Crippen molar-refractivity contribution in [2.75, 3.05) is 12.8 Å². The Morgan fingerprint density at radius 2 is 1.69 bits per heavy atom. The van der Waals surface area contributed by atoms with Crippen molar-refractivity contribution in [3.8, 4) is 0 Å². The van der Waals surface area contributed by atoms with Gasteiger partial charge in [-0.1, -0.05) is 31.8 Å². The molecule has 0 radical (unpaired) electrons. The number of hydrogen-bond donors (Lipinski definition) is 7. The van der Waals surface area contributed by atoms with E-state index < -0.39 is 13.9 Å². The zero-order chi connectivity index (χ0) is 22.4. The first kappa shape index (κ1) is 27.3. The van der Waals surface area contributed by atoms with Crippen LogP contribution in [0.3, 0.4) is 0 Å². The van der Waals surface area contributed by atoms with E-state index in [1.165, 1.54) is 0 Å². The van der Waals surface area contributed by atoms with Gasteiger partial charge in [0.05, 0.1) is 12.8 Å². The Morgan fingerprint density at radius 1 is 1.07 bits per heavy atom. The number of nitrogens with two attached hydrogens (primary N) is 3. The van der Waals surface area contributed by atoms with Crippen LogP contribution in [0.2, 0.25) is 0 Å². The number of Topliss-reactive ketones (excluding diaryl/α,β-unsaturated/α-hetero) is 1. The quantitative estimate of drug-likeness (QED) is 0.0456. The second kappa shape index (κ2) is 14.3. The molecule has 0 saturated heterocycles. The number of hydrogen-bond acceptors (Lipinski definition) is 7. The lowest BCUT2D eigenvalue weighted by Crippen LogP contribution is -2.33. The van der Waals surface area contributed by atoms with Gasteiger partial charge in [0.2, 0.25) is 0 Å². The molecule has 0 bridgehead atoms. The van der Waals surface area contributed by atoms with Crippen molar-refractivity contribution in [3.05, 3.63) is 0 Å². The lowest BCUT2D eigenvalue weighted by Gasteiger charge is -2.22. The van der Waals surface area contributed by atoms with E-state index in [0.29, 0.717) is 25.7 Å². The molecule has 10 N–H and O–H groups in total. The standard InChI is InChI=1S/C17H37N6O5P/c1-3-6-13(17(19)23-25)7-5-8-14(16(18)22-20)9-12(4-2)15(24)10-21-11-29(26,27)28/h12-14,21,25H,3-11,20H2,1-2H3,(H2,18,22)(H2,19,23)(H2,26,27,28). The number of rotatable bonds is 16. The van der Waals surface area contributed by atoms with Gasteiger partial charge in [0.15, 0.2) is 0 Å². The minimum absolute atomic E-state index is 0.0258. The fraction of sp³-hybridized carbons (Fsp3) is 0.824. The van der Waals surface area contributed by atoms with E-state index >= 15 is 0 Å². The molecule has 0 fully saturated rings. The second-order valence-corrected chi connectivity index (χ2v) is 8.89. The third-order valence-electron chi connectivity index (χ3n) is 4.98. The minimum atomic E-state index is -4.21. The Morgan fingerprint density at radius 3 is 2.17 bits per heavy atom. The Hall–Kier alpha value is -1.68. The Bertz CT molecular complexity index is 595. The summed E-state index contributed by atoms with van der Waals surface area (Å²) in [7, 11) is -4.21. The molecule has 3 atom stereocenters. The lowest BCUT2D eigenvalue weighted by atomic mass is 9.84. The minimum Gasteiger partial charge on any atom is -0.409 e. The van der Waals surface area contributed by atoms with Crippen LogP contribution < -0.4 is 22.6 Å². The molecule has 12 heteroatoms. The normalized spacial score (nSPS) is 16.4. The first-order valence-electron chi connectivity index (χ1n) is 9.88. The van der Waals surface area contributed by atoms with Gasteiger partial charge in [-0.3, -0.25) is 14.7 Å². The van der Waals surface area contributed by atoms with Crippen molar-refractivity contribution in [1.29, 1.82) is 0 Å². The number of amidine groups is 2. The number of hydrazone groups is 1. The number of ketones is 1. The molecule has 0 rings (SSSR count). The lowest BCUT2D eigenvalue weighted by molar-refractivity contribution is -0.122. The maximum atomic E-state index is 12.4. The molecule has 0 saturated carbocycles. The van der Waals surface area contributed by atoms with Gasteiger partial charge in [0.25, 0.3) is 0 Å². The second-order valence-electron chi connectivity index (χ2n) is 7.25. The van der Waals surface area contributed by atoms with Crippen LogP contribution in [-0.2, 0) is 9.36 Å². The van der Waals surface area contributed by atoms with Crippen molar-refractivity contribution in [3.63, 3.8) is 0 Å². The van der Waals surface area contributed by atoms with E-state index in [2.05, 4.69) is 15.6 Å². The van der Waals surface area contributed by atoms with Gasteiger partial charge < -0.3 is 32.3 Å². The smallest absolute Gasteiger partial charge is 0.339 e. The topological polar surface area (TPSA) is 210 Å². The van der Waals surface area contributed by atoms with E-state index in [9.17, 15) is 9.36 Å². The molecule has 11 nitrogen and oxygen atoms in total. The molecule has 3 unspecified atom stereocenters. The molecule has 0 aromatic carbocycles. The number of carbonyl (C=O) groups is 1. The third-order valence-corrected chi connectivity index (χ3v) is 5.61. The maximum absolute atomic E-state index is 12.4. The molecule has 0 amide bonds. The highest BCUT2D eigenvalue weighted by atomic mass is 31.2. The van der Waals surface area contributed by atoms with Crippen LogP contribution in [0.25, 0.3) is 0 Å². The zero-order valence-electron chi connectivity index (χ0n) is 17.3. The number of oxime groups is 1. The number of nitrogens with zero attached hydrogens (tertiary/aromatic N) is 2. The van der Waals surface area contributed by atoms with Gasteiger partial charge >= 0.3 is 7.60 Å². The van der Waals surface area contributed by atoms with E-state index in [0.717, 1.165) is 19.3 Å². The van der Waals surface area contributed by atoms with Crippen molar-refractivity contribution in [1.82, 2.24) is 5.32 Å². The molecule has 0 aliphatic carbocycles. The van der Waals surface area contributed by atoms with Gasteiger partial charge in [-0.2, -0.15) is 5.10 Å². The van der Waals surface area contributed by atoms with Gasteiger partial charge in [-0.25, -0.2) is 0 Å². The summed E-state index contributed by atoms with van der Waals surface area (Å²) >= 11 is 0. The molecule has 0 aliphatic heterocycles. The summed E-state index contributed by atoms with van der Waals surface area (Å²) < 4.78 is 10.9. The highest BCUT2D eigenvalue weighted by Gasteiger charge is 2.25. The molecule has 0 aliphatic rings. The summed E-state index contributed by atoms with van der Waals surface area (Å²) in [6.07, 6.45) is 4.28. The van der Waals surface area contributed by atoms with Crippen LogP contribution in [0.4, 0.5) is 0 Å². The largest absolute Gasteiger partial charge is 0.409 e. The third kappa shape index (κ3) is 11.8. The van der Waals surface area contributed by atoms with Crippen LogP contribution in [0.5, 0.6) is 0 Å². The summed E-state index contributed by atoms with van der Waals surface area (Å²) in [5, 5.41) is 18.1. The van der Waals surface area contributed by atoms with E-state index in [1.807, 2.05) is 13.8 Å². The van der Waals surface area contributed by atoms with Gasteiger partial charge in [-0.15, -0.1) is 0 Å². The van der Waals surface area contributed by atoms with Crippen LogP contribution in [0.1, 0.15) is 58.8 Å². The van der Waals surface area contributed by atoms with Crippen molar-refractivity contribution < 1.29 is 24.4 Å². The molecule has 0 aromatic heterocycles. The average molecular weight is 436 g/mol. The Kier molecular flexibility index (Phi) is 13.5. The monoisotopic (exact) mass is 436 g/mol. The zero-order valence-corrected chi connectivity index (χ0v) is 18.2. The first-order valence-corrected chi connectivity index (χ1v) is 11.7. The summed E-state index contributed by atoms with van der Waals surface area (Å²) in [6, 6.07) is 0. The Labute approximate surface area is 172 Å². The number of carbonyl (C=O) groups excluding carboxylic acids is 1. The van der Waals surface area contributed by atoms with Crippen molar-refractivity contribution in [2.45, 2.75) is 58.8 Å². The van der Waals surface area contributed by atoms with E-state index in [-0.39, 0.29) is 41.8 Å². The van der Waals surface area contributed by atoms with E-state index in [1.54, 1.807) is 0 Å². The van der Waals surface area contributed by atoms with Gasteiger partial charge in [0, 0.05) is 17.8 Å². The van der Waals surface area contributed by atoms with Crippen LogP contribution in [0.15, 0.2) is 10.3 Å². The molecular weight excluding hydrogens is 399 g/mol. The van der Waals surface area contributed by atoms with E-state index in [4.69, 9.17) is 32.3 Å². The first-order chi connectivity index (χ1) is 13.6. The van der Waals surface area contributed by atoms with Crippen molar-refractivity contribution >= 4 is 25.1 Å². The van der Waals surface area contributed by atoms with Crippen LogP contribution in [-0.4, -0.2) is 45.3 Å². The predicted molar refractivity (Wildman–Crippen MR) is 113 cm³/mol. The molecule has 0 spiro atoms. The summed E-state index contributed by atoms with van der Waals surface area (Å²) in [5.41, 5.74) is 11.7. The van der Waals surface area contributed by atoms with Crippen molar-refractivity contribution in [2.24, 2.45) is 45.3 Å². The fourth-order valence-corrected chi connectivity index (χ4v) is 3.71. The molecule has 170 valence electrons. The summed E-state index contributed by atoms with van der Waals surface area (Å²) in [6.45, 7) is 3.77. The van der Waals surface area contributed by atoms with Crippen LogP contribution >= 0.6 is 7.60 Å². The molecular formula is C17H37N6O5P. The highest BCUT2D eigenvalue weighted by Crippen LogP contribution is 2.32. The van der Waals surface area contributed by atoms with Crippen LogP contribution in [0, 0.1) is 17.8 Å². The molecule has 29 heavy (non-hydrogen) atoms. The Balaban J connectivity index is 4.87.